The fourth-order valence-electron chi connectivity index (χ4n) is 0.969. The van der Waals surface area contributed by atoms with Gasteiger partial charge in [0.2, 0.25) is 0 Å². The van der Waals surface area contributed by atoms with Gasteiger partial charge in [0.15, 0.2) is 0 Å². The van der Waals surface area contributed by atoms with Gasteiger partial charge in [-0.25, -0.2) is 0 Å². The maximum Gasteiger partial charge on any atom is 0.116 e. The monoisotopic (exact) mass is 204 g/mol. The van der Waals surface area contributed by atoms with Crippen molar-refractivity contribution in [2.75, 3.05) is 20.1 Å². The Labute approximate surface area is 89.7 Å². The molecule has 2 N–H and O–H groups in total. The first-order chi connectivity index (χ1) is 6.70. The molecule has 0 saturated carbocycles. The van der Waals surface area contributed by atoms with Gasteiger partial charge >= 0.3 is 0 Å². The van der Waals surface area contributed by atoms with Crippen LogP contribution < -0.4 is 5.73 Å². The Morgan fingerprint density at radius 3 is 1.71 bits per heavy atom. The summed E-state index contributed by atoms with van der Waals surface area (Å²) in [6, 6.07) is 0.449. The highest BCUT2D eigenvalue weighted by Crippen LogP contribution is 2.01. The van der Waals surface area contributed by atoms with Gasteiger partial charge in [-0.05, 0) is 26.9 Å². The summed E-state index contributed by atoms with van der Waals surface area (Å²) in [7, 11) is 2.10. The fourth-order valence-corrected chi connectivity index (χ4v) is 0.969. The molecule has 0 aromatic rings. The highest BCUT2D eigenvalue weighted by atomic mass is 16.1. The van der Waals surface area contributed by atoms with Crippen molar-refractivity contribution in [3.05, 3.63) is 0 Å². The second-order valence-corrected chi connectivity index (χ2v) is 2.55. The lowest BCUT2D eigenvalue weighted by Gasteiger charge is -2.03. The van der Waals surface area contributed by atoms with E-state index in [-0.39, 0.29) is 0 Å². The summed E-state index contributed by atoms with van der Waals surface area (Å²) >= 11 is 0. The van der Waals surface area contributed by atoms with Gasteiger partial charge in [-0.15, -0.1) is 0 Å². The summed E-state index contributed by atoms with van der Waals surface area (Å²) in [5.41, 5.74) is 5.58. The minimum absolute atomic E-state index is 0.449. The molecule has 3 nitrogen and oxygen atoms in total. The number of likely N-dealkylation sites (tertiary alicyclic amines) is 1. The molecule has 1 heterocycles. The highest BCUT2D eigenvalue weighted by molar-refractivity contribution is 5.44. The maximum absolute atomic E-state index is 8.81. The predicted molar refractivity (Wildman–Crippen MR) is 64.5 cm³/mol. The Balaban J connectivity index is -0.000000148. The maximum atomic E-state index is 8.81. The molecule has 1 fully saturated rings. The van der Waals surface area contributed by atoms with Crippen LogP contribution in [0.4, 0.5) is 0 Å². The molecule has 1 atom stereocenters. The van der Waals surface area contributed by atoms with E-state index in [1.54, 1.807) is 0 Å². The molecule has 0 aromatic carbocycles. The van der Waals surface area contributed by atoms with Gasteiger partial charge in [0, 0.05) is 12.6 Å². The Kier molecular flexibility index (Phi) is 25.2. The SMILES string of the molecule is CC.CC.CC=O.CN1CCC(N)C1. The minimum Gasteiger partial charge on any atom is -0.326 e. The molecule has 0 aliphatic carbocycles. The molecule has 0 aromatic heterocycles. The third-order valence-electron chi connectivity index (χ3n) is 1.43. The van der Waals surface area contributed by atoms with Crippen LogP contribution in [0, 0.1) is 0 Å². The van der Waals surface area contributed by atoms with Crippen LogP contribution in [0.2, 0.25) is 0 Å². The second kappa shape index (κ2) is 18.4. The van der Waals surface area contributed by atoms with Crippen LogP contribution >= 0.6 is 0 Å². The number of hydrogen-bond donors (Lipinski definition) is 1. The smallest absolute Gasteiger partial charge is 0.116 e. The van der Waals surface area contributed by atoms with Gasteiger partial charge in [0.1, 0.15) is 6.29 Å². The molecular weight excluding hydrogens is 176 g/mol. The van der Waals surface area contributed by atoms with E-state index < -0.39 is 0 Å². The molecule has 0 spiro atoms. The van der Waals surface area contributed by atoms with Gasteiger partial charge < -0.3 is 15.4 Å². The van der Waals surface area contributed by atoms with Crippen molar-refractivity contribution in [3.63, 3.8) is 0 Å². The molecule has 88 valence electrons. The molecule has 1 unspecified atom stereocenters. The summed E-state index contributed by atoms with van der Waals surface area (Å²) in [6.45, 7) is 11.7. The molecule has 3 heteroatoms. The first kappa shape index (κ1) is 19.2. The van der Waals surface area contributed by atoms with E-state index in [9.17, 15) is 0 Å². The summed E-state index contributed by atoms with van der Waals surface area (Å²) in [4.78, 5) is 11.1. The second-order valence-electron chi connectivity index (χ2n) is 2.55. The van der Waals surface area contributed by atoms with Crippen molar-refractivity contribution in [1.82, 2.24) is 4.90 Å². The Hall–Kier alpha value is -0.410. The third-order valence-corrected chi connectivity index (χ3v) is 1.43. The summed E-state index contributed by atoms with van der Waals surface area (Å²) in [5, 5.41) is 0. The average molecular weight is 204 g/mol. The fraction of sp³-hybridized carbons (Fsp3) is 0.909. The standard InChI is InChI=1S/C5H12N2.C2H4O.2C2H6/c1-7-3-2-5(6)4-7;1-2-3;2*1-2/h5H,2-4,6H2,1H3;2H,1H3;2*1-2H3. The van der Waals surface area contributed by atoms with Crippen LogP contribution in [0.15, 0.2) is 0 Å². The number of aldehydes is 1. The minimum atomic E-state index is 0.449. The number of carbonyl (C=O) groups is 1. The zero-order valence-electron chi connectivity index (χ0n) is 10.7. The van der Waals surface area contributed by atoms with Crippen LogP contribution in [0.5, 0.6) is 0 Å². The third kappa shape index (κ3) is 17.6. The van der Waals surface area contributed by atoms with E-state index in [0.29, 0.717) is 6.04 Å². The predicted octanol–water partition coefficient (Wildman–Crippen LogP) is 1.91. The van der Waals surface area contributed by atoms with E-state index in [4.69, 9.17) is 10.5 Å². The molecule has 1 aliphatic rings. The Morgan fingerprint density at radius 2 is 1.64 bits per heavy atom. The van der Waals surface area contributed by atoms with Crippen LogP contribution in [0.1, 0.15) is 41.0 Å². The van der Waals surface area contributed by atoms with E-state index in [2.05, 4.69) is 11.9 Å². The average Bonchev–Trinajstić information content (AvgIpc) is 2.58. The molecule has 1 aliphatic heterocycles. The lowest BCUT2D eigenvalue weighted by Crippen LogP contribution is -2.23. The normalized spacial score (nSPS) is 18.9. The molecular formula is C11H28N2O. The zero-order valence-corrected chi connectivity index (χ0v) is 10.7. The van der Waals surface area contributed by atoms with Crippen LogP contribution in [-0.4, -0.2) is 37.4 Å². The van der Waals surface area contributed by atoms with Crippen molar-refractivity contribution in [2.45, 2.75) is 47.1 Å². The largest absolute Gasteiger partial charge is 0.326 e. The lowest BCUT2D eigenvalue weighted by molar-refractivity contribution is -0.106. The molecule has 0 bridgehead atoms. The van der Waals surface area contributed by atoms with Gasteiger partial charge in [0.05, 0.1) is 0 Å². The van der Waals surface area contributed by atoms with Crippen LogP contribution in [0.25, 0.3) is 0 Å². The van der Waals surface area contributed by atoms with Gasteiger partial charge in [-0.2, -0.15) is 0 Å². The number of rotatable bonds is 0. The molecule has 0 radical (unpaired) electrons. The number of hydrogen-bond acceptors (Lipinski definition) is 3. The van der Waals surface area contributed by atoms with Crippen molar-refractivity contribution >= 4 is 6.29 Å². The van der Waals surface area contributed by atoms with E-state index >= 15 is 0 Å². The first-order valence-corrected chi connectivity index (χ1v) is 5.54. The van der Waals surface area contributed by atoms with Crippen molar-refractivity contribution in [3.8, 4) is 0 Å². The molecule has 14 heavy (non-hydrogen) atoms. The first-order valence-electron chi connectivity index (χ1n) is 5.54. The van der Waals surface area contributed by atoms with E-state index in [0.717, 1.165) is 12.8 Å². The summed E-state index contributed by atoms with van der Waals surface area (Å²) in [5.74, 6) is 0. The van der Waals surface area contributed by atoms with Crippen molar-refractivity contribution in [1.29, 1.82) is 0 Å². The van der Waals surface area contributed by atoms with Gasteiger partial charge in [0.25, 0.3) is 0 Å². The van der Waals surface area contributed by atoms with E-state index in [1.165, 1.54) is 19.9 Å². The summed E-state index contributed by atoms with van der Waals surface area (Å²) in [6.07, 6.45) is 1.93. The van der Waals surface area contributed by atoms with Gasteiger partial charge in [-0.3, -0.25) is 0 Å². The van der Waals surface area contributed by atoms with E-state index in [1.807, 2.05) is 27.7 Å². The Morgan fingerprint density at radius 1 is 1.29 bits per heavy atom. The molecule has 1 saturated heterocycles. The molecule has 0 amide bonds. The van der Waals surface area contributed by atoms with Crippen molar-refractivity contribution in [2.24, 2.45) is 5.73 Å². The van der Waals surface area contributed by atoms with Crippen molar-refractivity contribution < 1.29 is 4.79 Å². The zero-order chi connectivity index (χ0) is 12.0. The lowest BCUT2D eigenvalue weighted by atomic mass is 10.3. The van der Waals surface area contributed by atoms with Crippen LogP contribution in [0.3, 0.4) is 0 Å². The van der Waals surface area contributed by atoms with Gasteiger partial charge in [-0.1, -0.05) is 27.7 Å². The van der Waals surface area contributed by atoms with Crippen LogP contribution in [-0.2, 0) is 4.79 Å². The highest BCUT2D eigenvalue weighted by Gasteiger charge is 2.13. The number of nitrogens with two attached hydrogens (primary N) is 1. The number of likely N-dealkylation sites (N-methyl/N-ethyl adjacent to an activating group) is 1. The number of nitrogens with zero attached hydrogens (tertiary/aromatic N) is 1. The summed E-state index contributed by atoms with van der Waals surface area (Å²) < 4.78 is 0. The Bertz CT molecular complexity index is 89.3. The quantitative estimate of drug-likeness (QED) is 0.613. The number of carbonyl (C=O) groups excluding carboxylic acids is 1. The molecule has 1 rings (SSSR count). The topological polar surface area (TPSA) is 46.3 Å².